The van der Waals surface area contributed by atoms with Gasteiger partial charge in [0.15, 0.2) is 0 Å². The lowest BCUT2D eigenvalue weighted by Gasteiger charge is -2.32. The highest BCUT2D eigenvalue weighted by Gasteiger charge is 2.14. The summed E-state index contributed by atoms with van der Waals surface area (Å²) in [5, 5.41) is 3.41. The van der Waals surface area contributed by atoms with Crippen LogP contribution in [0, 0.1) is 0 Å². The third kappa shape index (κ3) is 5.84. The fourth-order valence-electron chi connectivity index (χ4n) is 2.59. The molecule has 1 unspecified atom stereocenters. The fraction of sp³-hybridized carbons (Fsp3) is 1.00. The average molecular weight is 241 g/mol. The number of hydrogen-bond donors (Lipinski definition) is 1. The van der Waals surface area contributed by atoms with Crippen LogP contribution in [0.3, 0.4) is 0 Å². The third-order valence-corrected chi connectivity index (χ3v) is 3.96. The summed E-state index contributed by atoms with van der Waals surface area (Å²) in [6.45, 7) is 11.8. The van der Waals surface area contributed by atoms with E-state index in [1.54, 1.807) is 0 Å². The normalized spacial score (nSPS) is 19.8. The van der Waals surface area contributed by atoms with Gasteiger partial charge in [-0.3, -0.25) is 4.90 Å². The van der Waals surface area contributed by atoms with Crippen LogP contribution in [0.2, 0.25) is 0 Å². The van der Waals surface area contributed by atoms with E-state index in [4.69, 9.17) is 0 Å². The van der Waals surface area contributed by atoms with E-state index in [0.717, 1.165) is 19.1 Å². The van der Waals surface area contributed by atoms with Gasteiger partial charge in [0.1, 0.15) is 0 Å². The molecule has 0 aromatic rings. The van der Waals surface area contributed by atoms with Crippen molar-refractivity contribution in [2.45, 2.75) is 45.6 Å². The molecule has 1 aliphatic heterocycles. The minimum absolute atomic E-state index is 0.790. The molecule has 3 nitrogen and oxygen atoms in total. The predicted molar refractivity (Wildman–Crippen MR) is 75.5 cm³/mol. The molecular weight excluding hydrogens is 210 g/mol. The molecule has 1 rings (SSSR count). The highest BCUT2D eigenvalue weighted by Crippen LogP contribution is 2.10. The molecule has 0 spiro atoms. The zero-order chi connectivity index (χ0) is 12.5. The molecule has 1 saturated heterocycles. The summed E-state index contributed by atoms with van der Waals surface area (Å²) in [5.74, 6) is 0. The van der Waals surface area contributed by atoms with E-state index in [1.165, 1.54) is 51.9 Å². The Kier molecular flexibility index (Phi) is 7.82. The van der Waals surface area contributed by atoms with Crippen molar-refractivity contribution in [1.82, 2.24) is 15.1 Å². The van der Waals surface area contributed by atoms with Crippen LogP contribution in [-0.4, -0.2) is 62.2 Å². The molecule has 1 N–H and O–H groups in total. The largest absolute Gasteiger partial charge is 0.314 e. The van der Waals surface area contributed by atoms with Gasteiger partial charge >= 0.3 is 0 Å². The number of nitrogens with zero attached hydrogens (tertiary/aromatic N) is 2. The maximum absolute atomic E-state index is 3.41. The summed E-state index contributed by atoms with van der Waals surface area (Å²) >= 11 is 0. The van der Waals surface area contributed by atoms with E-state index in [0.29, 0.717) is 0 Å². The van der Waals surface area contributed by atoms with E-state index in [-0.39, 0.29) is 0 Å². The molecule has 0 radical (unpaired) electrons. The molecule has 1 heterocycles. The van der Waals surface area contributed by atoms with Gasteiger partial charge in [0.25, 0.3) is 0 Å². The molecule has 102 valence electrons. The van der Waals surface area contributed by atoms with Crippen LogP contribution in [0.25, 0.3) is 0 Å². The van der Waals surface area contributed by atoms with Crippen molar-refractivity contribution in [2.24, 2.45) is 0 Å². The van der Waals surface area contributed by atoms with Crippen molar-refractivity contribution in [1.29, 1.82) is 0 Å². The topological polar surface area (TPSA) is 18.5 Å². The van der Waals surface area contributed by atoms with Crippen molar-refractivity contribution in [3.8, 4) is 0 Å². The first kappa shape index (κ1) is 14.9. The zero-order valence-corrected chi connectivity index (χ0v) is 12.0. The summed E-state index contributed by atoms with van der Waals surface area (Å²) in [6.07, 6.45) is 5.35. The quantitative estimate of drug-likeness (QED) is 0.699. The Balaban J connectivity index is 2.18. The van der Waals surface area contributed by atoms with Gasteiger partial charge in [-0.2, -0.15) is 0 Å². The van der Waals surface area contributed by atoms with E-state index in [9.17, 15) is 0 Å². The highest BCUT2D eigenvalue weighted by molar-refractivity contribution is 4.72. The van der Waals surface area contributed by atoms with Gasteiger partial charge < -0.3 is 10.2 Å². The number of nitrogens with one attached hydrogen (secondary N) is 1. The molecule has 3 heteroatoms. The Hall–Kier alpha value is -0.120. The van der Waals surface area contributed by atoms with Crippen molar-refractivity contribution >= 4 is 0 Å². The maximum atomic E-state index is 3.41. The second kappa shape index (κ2) is 8.90. The van der Waals surface area contributed by atoms with Crippen molar-refractivity contribution < 1.29 is 0 Å². The Morgan fingerprint density at radius 1 is 1.24 bits per heavy atom. The Labute approximate surface area is 108 Å². The third-order valence-electron chi connectivity index (χ3n) is 3.96. The van der Waals surface area contributed by atoms with Crippen LogP contribution in [0.4, 0.5) is 0 Å². The van der Waals surface area contributed by atoms with Crippen LogP contribution in [0.15, 0.2) is 0 Å². The van der Waals surface area contributed by atoms with Gasteiger partial charge in [0.2, 0.25) is 0 Å². The number of hydrogen-bond acceptors (Lipinski definition) is 3. The first-order valence-electron chi connectivity index (χ1n) is 7.41. The lowest BCUT2D eigenvalue weighted by Crippen LogP contribution is -2.47. The molecule has 17 heavy (non-hydrogen) atoms. The van der Waals surface area contributed by atoms with Gasteiger partial charge in [0.05, 0.1) is 0 Å². The minimum atomic E-state index is 0.790. The van der Waals surface area contributed by atoms with Gasteiger partial charge in [0, 0.05) is 45.3 Å². The molecule has 1 fully saturated rings. The fourth-order valence-corrected chi connectivity index (χ4v) is 2.59. The molecule has 0 amide bonds. The molecule has 1 atom stereocenters. The van der Waals surface area contributed by atoms with Crippen LogP contribution in [-0.2, 0) is 0 Å². The molecule has 0 aromatic heterocycles. The smallest absolute Gasteiger partial charge is 0.0110 e. The second-order valence-electron chi connectivity index (χ2n) is 5.28. The van der Waals surface area contributed by atoms with Gasteiger partial charge in [-0.15, -0.1) is 0 Å². The first-order chi connectivity index (χ1) is 8.27. The lowest BCUT2D eigenvalue weighted by molar-refractivity contribution is 0.167. The SMILES string of the molecule is CCCCC(CC)N(C)CCN1CCNCC1. The Bertz CT molecular complexity index is 178. The monoisotopic (exact) mass is 241 g/mol. The van der Waals surface area contributed by atoms with E-state index < -0.39 is 0 Å². The van der Waals surface area contributed by atoms with E-state index in [2.05, 4.69) is 36.0 Å². The van der Waals surface area contributed by atoms with Crippen molar-refractivity contribution in [3.05, 3.63) is 0 Å². The second-order valence-corrected chi connectivity index (χ2v) is 5.28. The average Bonchev–Trinajstić information content (AvgIpc) is 2.38. The summed E-state index contributed by atoms with van der Waals surface area (Å²) in [7, 11) is 2.30. The Morgan fingerprint density at radius 2 is 1.94 bits per heavy atom. The van der Waals surface area contributed by atoms with Crippen molar-refractivity contribution in [3.63, 3.8) is 0 Å². The summed E-state index contributed by atoms with van der Waals surface area (Å²) in [5.41, 5.74) is 0. The van der Waals surface area contributed by atoms with Crippen LogP contribution in [0.5, 0.6) is 0 Å². The molecule has 1 aliphatic rings. The van der Waals surface area contributed by atoms with Gasteiger partial charge in [-0.25, -0.2) is 0 Å². The molecular formula is C14H31N3. The lowest BCUT2D eigenvalue weighted by atomic mass is 10.1. The van der Waals surface area contributed by atoms with E-state index in [1.807, 2.05) is 0 Å². The van der Waals surface area contributed by atoms with Crippen LogP contribution in [0.1, 0.15) is 39.5 Å². The molecule has 0 bridgehead atoms. The maximum Gasteiger partial charge on any atom is 0.0110 e. The number of piperazine rings is 1. The van der Waals surface area contributed by atoms with Crippen LogP contribution < -0.4 is 5.32 Å². The highest BCUT2D eigenvalue weighted by atomic mass is 15.2. The first-order valence-corrected chi connectivity index (χ1v) is 7.41. The number of likely N-dealkylation sites (N-methyl/N-ethyl adjacent to an activating group) is 1. The molecule has 0 saturated carbocycles. The molecule has 0 aliphatic carbocycles. The summed E-state index contributed by atoms with van der Waals surface area (Å²) < 4.78 is 0. The molecule has 0 aromatic carbocycles. The van der Waals surface area contributed by atoms with Crippen LogP contribution >= 0.6 is 0 Å². The Morgan fingerprint density at radius 3 is 2.53 bits per heavy atom. The predicted octanol–water partition coefficient (Wildman–Crippen LogP) is 1.79. The minimum Gasteiger partial charge on any atom is -0.314 e. The number of unbranched alkanes of at least 4 members (excludes halogenated alkanes) is 1. The van der Waals surface area contributed by atoms with E-state index >= 15 is 0 Å². The van der Waals surface area contributed by atoms with Crippen molar-refractivity contribution in [2.75, 3.05) is 46.3 Å². The van der Waals surface area contributed by atoms with Gasteiger partial charge in [-0.05, 0) is 19.9 Å². The van der Waals surface area contributed by atoms with Gasteiger partial charge in [-0.1, -0.05) is 26.7 Å². The summed E-state index contributed by atoms with van der Waals surface area (Å²) in [4.78, 5) is 5.15. The summed E-state index contributed by atoms with van der Waals surface area (Å²) in [6, 6.07) is 0.790. The number of rotatable bonds is 8. The zero-order valence-electron chi connectivity index (χ0n) is 12.0. The standard InChI is InChI=1S/C14H31N3/c1-4-6-7-14(5-2)16(3)12-13-17-10-8-15-9-11-17/h14-15H,4-13H2,1-3H3.